The van der Waals surface area contributed by atoms with Gasteiger partial charge < -0.3 is 11.1 Å². The summed E-state index contributed by atoms with van der Waals surface area (Å²) in [6, 6.07) is 3.98. The Bertz CT molecular complexity index is 979. The Hall–Kier alpha value is -2.24. The second kappa shape index (κ2) is 7.79. The van der Waals surface area contributed by atoms with Gasteiger partial charge in [0.05, 0.1) is 17.9 Å². The summed E-state index contributed by atoms with van der Waals surface area (Å²) in [5.74, 6) is -0.559. The summed E-state index contributed by atoms with van der Waals surface area (Å²) < 4.78 is 1.66. The molecule has 27 heavy (non-hydrogen) atoms. The van der Waals surface area contributed by atoms with Gasteiger partial charge in [-0.15, -0.1) is 27.8 Å². The van der Waals surface area contributed by atoms with Crippen molar-refractivity contribution in [3.8, 4) is 0 Å². The molecule has 4 rings (SSSR count). The van der Waals surface area contributed by atoms with Crippen molar-refractivity contribution in [3.63, 3.8) is 0 Å². The number of carbonyl (C=O) groups is 2. The average Bonchev–Trinajstić information content (AvgIpc) is 3.37. The molecule has 0 spiro atoms. The van der Waals surface area contributed by atoms with Crippen molar-refractivity contribution in [2.24, 2.45) is 5.73 Å². The van der Waals surface area contributed by atoms with Crippen molar-refractivity contribution in [2.75, 3.05) is 11.1 Å². The molecule has 0 radical (unpaired) electrons. The molecule has 8 nitrogen and oxygen atoms in total. The molecule has 11 heteroatoms. The summed E-state index contributed by atoms with van der Waals surface area (Å²) in [5, 5.41) is 17.6. The summed E-state index contributed by atoms with van der Waals surface area (Å²) in [6.07, 6.45) is 2.80. The molecule has 0 bridgehead atoms. The lowest BCUT2D eigenvalue weighted by Crippen LogP contribution is -2.19. The molecule has 1 aliphatic rings. The van der Waals surface area contributed by atoms with Gasteiger partial charge in [-0.05, 0) is 46.7 Å². The minimum Gasteiger partial charge on any atom is -0.365 e. The van der Waals surface area contributed by atoms with Gasteiger partial charge >= 0.3 is 0 Å². The number of nitrogens with one attached hydrogen (secondary N) is 1. The largest absolute Gasteiger partial charge is 0.365 e. The number of primary amides is 1. The lowest BCUT2D eigenvalue weighted by molar-refractivity contribution is -0.113. The van der Waals surface area contributed by atoms with E-state index < -0.39 is 5.91 Å². The Balaban J connectivity index is 1.40. The number of carbonyl (C=O) groups excluding carboxylic acids is 2. The van der Waals surface area contributed by atoms with Gasteiger partial charge in [0.25, 0.3) is 5.91 Å². The molecule has 0 aromatic carbocycles. The van der Waals surface area contributed by atoms with Crippen LogP contribution in [-0.4, -0.2) is 37.8 Å². The number of rotatable bonds is 7. The number of hydrogen-bond donors (Lipinski definition) is 2. The molecular weight excluding hydrogens is 404 g/mol. The molecule has 0 saturated carbocycles. The predicted molar refractivity (Wildman–Crippen MR) is 105 cm³/mol. The highest BCUT2D eigenvalue weighted by Gasteiger charge is 2.26. The fourth-order valence-electron chi connectivity index (χ4n) is 2.99. The van der Waals surface area contributed by atoms with Crippen LogP contribution in [0.1, 0.15) is 32.1 Å². The van der Waals surface area contributed by atoms with Crippen molar-refractivity contribution < 1.29 is 9.59 Å². The van der Waals surface area contributed by atoms with Gasteiger partial charge in [-0.1, -0.05) is 17.8 Å². The molecule has 0 fully saturated rings. The molecule has 2 amide bonds. The fourth-order valence-corrected chi connectivity index (χ4v) is 5.67. The second-order valence-corrected chi connectivity index (χ2v) is 9.04. The first kappa shape index (κ1) is 18.1. The number of nitrogens with two attached hydrogens (primary N) is 1. The summed E-state index contributed by atoms with van der Waals surface area (Å²) in [4.78, 5) is 26.5. The van der Waals surface area contributed by atoms with Gasteiger partial charge in [-0.25, -0.2) is 4.68 Å². The minimum absolute atomic E-state index is 0.144. The SMILES string of the molecule is NC(=O)c1c(NC(=O)CSc2nnnn2Cc2cccs2)sc2c1CCC2. The smallest absolute Gasteiger partial charge is 0.251 e. The Morgan fingerprint density at radius 1 is 1.37 bits per heavy atom. The molecule has 3 aromatic heterocycles. The number of hydrogen-bond acceptors (Lipinski definition) is 8. The quantitative estimate of drug-likeness (QED) is 0.566. The van der Waals surface area contributed by atoms with Crippen molar-refractivity contribution in [1.29, 1.82) is 0 Å². The number of anilines is 1. The van der Waals surface area contributed by atoms with Crippen LogP contribution in [0.3, 0.4) is 0 Å². The van der Waals surface area contributed by atoms with Gasteiger partial charge in [-0.2, -0.15) is 0 Å². The van der Waals surface area contributed by atoms with Gasteiger partial charge in [0.2, 0.25) is 11.1 Å². The topological polar surface area (TPSA) is 116 Å². The highest BCUT2D eigenvalue weighted by Crippen LogP contribution is 2.38. The van der Waals surface area contributed by atoms with E-state index >= 15 is 0 Å². The van der Waals surface area contributed by atoms with Crippen LogP contribution >= 0.6 is 34.4 Å². The highest BCUT2D eigenvalue weighted by molar-refractivity contribution is 7.99. The molecule has 0 atom stereocenters. The van der Waals surface area contributed by atoms with Gasteiger partial charge in [0.15, 0.2) is 0 Å². The Kier molecular flexibility index (Phi) is 5.23. The fraction of sp³-hybridized carbons (Fsp3) is 0.312. The third-order valence-electron chi connectivity index (χ3n) is 4.14. The average molecular weight is 421 g/mol. The predicted octanol–water partition coefficient (Wildman–Crippen LogP) is 2.16. The molecule has 0 aliphatic heterocycles. The van der Waals surface area contributed by atoms with Crippen LogP contribution in [0.15, 0.2) is 22.7 Å². The molecule has 3 heterocycles. The second-order valence-electron chi connectivity index (χ2n) is 5.96. The van der Waals surface area contributed by atoms with Crippen LogP contribution in [0.2, 0.25) is 0 Å². The van der Waals surface area contributed by atoms with Crippen LogP contribution in [0, 0.1) is 0 Å². The maximum Gasteiger partial charge on any atom is 0.251 e. The van der Waals surface area contributed by atoms with E-state index in [9.17, 15) is 9.59 Å². The monoisotopic (exact) mass is 420 g/mol. The minimum atomic E-state index is -0.489. The van der Waals surface area contributed by atoms with E-state index in [1.54, 1.807) is 16.0 Å². The van der Waals surface area contributed by atoms with Gasteiger partial charge in [-0.3, -0.25) is 9.59 Å². The number of aryl methyl sites for hydroxylation is 1. The maximum absolute atomic E-state index is 12.4. The zero-order chi connectivity index (χ0) is 18.8. The molecular formula is C16H16N6O2S3. The molecule has 3 aromatic rings. The molecule has 0 saturated heterocycles. The lowest BCUT2D eigenvalue weighted by Gasteiger charge is -2.06. The van der Waals surface area contributed by atoms with E-state index in [0.29, 0.717) is 22.3 Å². The lowest BCUT2D eigenvalue weighted by atomic mass is 10.1. The van der Waals surface area contributed by atoms with E-state index in [1.165, 1.54) is 23.1 Å². The number of aromatic nitrogens is 4. The number of amides is 2. The van der Waals surface area contributed by atoms with Crippen molar-refractivity contribution >= 4 is 51.3 Å². The number of fused-ring (bicyclic) bond motifs is 1. The molecule has 1 aliphatic carbocycles. The zero-order valence-corrected chi connectivity index (χ0v) is 16.6. The highest BCUT2D eigenvalue weighted by atomic mass is 32.2. The maximum atomic E-state index is 12.4. The molecule has 3 N–H and O–H groups in total. The number of thioether (sulfide) groups is 1. The summed E-state index contributed by atoms with van der Waals surface area (Å²) in [5.41, 5.74) is 6.99. The van der Waals surface area contributed by atoms with E-state index in [1.807, 2.05) is 17.5 Å². The Labute approximate surface area is 167 Å². The van der Waals surface area contributed by atoms with Crippen molar-refractivity contribution in [1.82, 2.24) is 20.2 Å². The number of thiophene rings is 2. The van der Waals surface area contributed by atoms with Gasteiger partial charge in [0, 0.05) is 9.75 Å². The van der Waals surface area contributed by atoms with E-state index in [4.69, 9.17) is 5.73 Å². The zero-order valence-electron chi connectivity index (χ0n) is 14.2. The van der Waals surface area contributed by atoms with Crippen LogP contribution in [0.5, 0.6) is 0 Å². The van der Waals surface area contributed by atoms with E-state index in [-0.39, 0.29) is 11.7 Å². The van der Waals surface area contributed by atoms with E-state index in [2.05, 4.69) is 20.8 Å². The van der Waals surface area contributed by atoms with Crippen molar-refractivity contribution in [2.45, 2.75) is 31.0 Å². The number of nitrogens with zero attached hydrogens (tertiary/aromatic N) is 4. The van der Waals surface area contributed by atoms with Crippen molar-refractivity contribution in [3.05, 3.63) is 38.4 Å². The van der Waals surface area contributed by atoms with Crippen LogP contribution in [0.25, 0.3) is 0 Å². The molecule has 140 valence electrons. The third-order valence-corrected chi connectivity index (χ3v) is 7.16. The van der Waals surface area contributed by atoms with Gasteiger partial charge in [0.1, 0.15) is 5.00 Å². The Morgan fingerprint density at radius 3 is 3.04 bits per heavy atom. The summed E-state index contributed by atoms with van der Waals surface area (Å²) >= 11 is 4.33. The van der Waals surface area contributed by atoms with E-state index in [0.717, 1.165) is 34.6 Å². The summed E-state index contributed by atoms with van der Waals surface area (Å²) in [6.45, 7) is 0.568. The first-order valence-electron chi connectivity index (χ1n) is 8.27. The molecule has 0 unspecified atom stereocenters. The normalized spacial score (nSPS) is 12.9. The summed E-state index contributed by atoms with van der Waals surface area (Å²) in [7, 11) is 0. The first-order valence-corrected chi connectivity index (χ1v) is 11.0. The third kappa shape index (κ3) is 3.89. The Morgan fingerprint density at radius 2 is 2.26 bits per heavy atom. The number of tetrazole rings is 1. The van der Waals surface area contributed by atoms with Crippen LogP contribution < -0.4 is 11.1 Å². The van der Waals surface area contributed by atoms with Crippen LogP contribution in [-0.2, 0) is 24.2 Å². The first-order chi connectivity index (χ1) is 13.1. The van der Waals surface area contributed by atoms with Crippen LogP contribution in [0.4, 0.5) is 5.00 Å². The standard InChI is InChI=1S/C16H16N6O2S3/c17-14(24)13-10-4-1-5-11(10)27-15(13)18-12(23)8-26-16-19-20-21-22(16)7-9-3-2-6-25-9/h2-3,6H,1,4-5,7-8H2,(H2,17,24)(H,18,23).